The zero-order valence-electron chi connectivity index (χ0n) is 12.5. The summed E-state index contributed by atoms with van der Waals surface area (Å²) in [4.78, 5) is 4.33. The summed E-state index contributed by atoms with van der Waals surface area (Å²) in [7, 11) is -3.10. The van der Waals surface area contributed by atoms with Gasteiger partial charge in [0.05, 0.1) is 11.4 Å². The summed E-state index contributed by atoms with van der Waals surface area (Å²) in [6.45, 7) is 1.33. The first-order valence-corrected chi connectivity index (χ1v) is 9.56. The molecule has 1 aliphatic heterocycles. The second-order valence-corrected chi connectivity index (χ2v) is 8.71. The molecule has 0 bridgehead atoms. The Morgan fingerprint density at radius 1 is 1.23 bits per heavy atom. The molecule has 1 saturated heterocycles. The highest BCUT2D eigenvalue weighted by atomic mass is 32.2. The molecule has 22 heavy (non-hydrogen) atoms. The summed E-state index contributed by atoms with van der Waals surface area (Å²) in [5, 5.41) is 3.81. The van der Waals surface area contributed by atoms with Gasteiger partial charge in [0.15, 0.2) is 5.82 Å². The van der Waals surface area contributed by atoms with E-state index in [4.69, 9.17) is 9.26 Å². The van der Waals surface area contributed by atoms with Crippen molar-refractivity contribution in [3.63, 3.8) is 0 Å². The molecule has 2 aliphatic carbocycles. The van der Waals surface area contributed by atoms with Crippen LogP contribution in [0.5, 0.6) is 0 Å². The van der Waals surface area contributed by atoms with Gasteiger partial charge in [-0.2, -0.15) is 9.29 Å². The molecule has 3 fully saturated rings. The Balaban J connectivity index is 1.32. The summed E-state index contributed by atoms with van der Waals surface area (Å²) >= 11 is 0. The molecule has 1 aromatic heterocycles. The average Bonchev–Trinajstić information content (AvgIpc) is 3.43. The molecule has 1 aromatic rings. The highest BCUT2D eigenvalue weighted by molar-refractivity contribution is 7.90. The number of rotatable bonds is 6. The van der Waals surface area contributed by atoms with Gasteiger partial charge >= 0.3 is 0 Å². The first-order valence-electron chi connectivity index (χ1n) is 8.06. The fourth-order valence-electron chi connectivity index (χ4n) is 2.87. The Labute approximate surface area is 130 Å². The Morgan fingerprint density at radius 3 is 2.77 bits per heavy atom. The molecule has 8 heteroatoms. The summed E-state index contributed by atoms with van der Waals surface area (Å²) < 4.78 is 37.2. The normalized spacial score (nSPS) is 27.2. The van der Waals surface area contributed by atoms with Crippen LogP contribution in [0.15, 0.2) is 4.52 Å². The van der Waals surface area contributed by atoms with Crippen LogP contribution in [-0.2, 0) is 21.4 Å². The number of ether oxygens (including phenoxy) is 1. The van der Waals surface area contributed by atoms with Crippen molar-refractivity contribution >= 4 is 10.0 Å². The minimum Gasteiger partial charge on any atom is -0.367 e. The van der Waals surface area contributed by atoms with E-state index in [1.165, 1.54) is 0 Å². The van der Waals surface area contributed by atoms with Crippen LogP contribution in [0.2, 0.25) is 0 Å². The predicted molar refractivity (Wildman–Crippen MR) is 77.6 cm³/mol. The minimum atomic E-state index is -3.10. The molecule has 0 amide bonds. The van der Waals surface area contributed by atoms with Gasteiger partial charge in [0.25, 0.3) is 5.89 Å². The summed E-state index contributed by atoms with van der Waals surface area (Å²) in [5.41, 5.74) is 0. The molecule has 1 atom stereocenters. The number of piperidine rings is 1. The minimum absolute atomic E-state index is 0.0847. The number of sulfonamides is 1. The second-order valence-electron chi connectivity index (χ2n) is 6.50. The Morgan fingerprint density at radius 2 is 2.05 bits per heavy atom. The number of aromatic nitrogens is 2. The third kappa shape index (κ3) is 3.04. The molecule has 3 aliphatic rings. The van der Waals surface area contributed by atoms with Crippen LogP contribution >= 0.6 is 0 Å². The molecule has 122 valence electrons. The zero-order chi connectivity index (χ0) is 15.2. The Bertz CT molecular complexity index is 636. The summed E-state index contributed by atoms with van der Waals surface area (Å²) in [5.74, 6) is 1.73. The third-order valence-corrected chi connectivity index (χ3v) is 6.88. The van der Waals surface area contributed by atoms with E-state index in [1.54, 1.807) is 4.31 Å². The summed E-state index contributed by atoms with van der Waals surface area (Å²) in [6, 6.07) is 0. The molecule has 0 radical (unpaired) electrons. The maximum absolute atomic E-state index is 12.3. The van der Waals surface area contributed by atoms with Gasteiger partial charge in [-0.25, -0.2) is 8.42 Å². The van der Waals surface area contributed by atoms with E-state index in [1.807, 2.05) is 0 Å². The van der Waals surface area contributed by atoms with Gasteiger partial charge in [0.2, 0.25) is 10.0 Å². The monoisotopic (exact) mass is 327 g/mol. The van der Waals surface area contributed by atoms with Crippen LogP contribution in [0.25, 0.3) is 0 Å². The fourth-order valence-corrected chi connectivity index (χ4v) is 4.78. The van der Waals surface area contributed by atoms with Crippen molar-refractivity contribution < 1.29 is 17.7 Å². The standard InChI is InChI=1S/C14H21N3O4S/c18-22(19,12-5-6-12)17-7-1-2-11(8-17)20-9-13-15-14(16-21-13)10-3-4-10/h10-12H,1-9H2/t11-/m0/s1. The van der Waals surface area contributed by atoms with Crippen molar-refractivity contribution in [3.05, 3.63) is 11.7 Å². The van der Waals surface area contributed by atoms with Crippen LogP contribution in [0.1, 0.15) is 56.2 Å². The number of nitrogens with zero attached hydrogens (tertiary/aromatic N) is 3. The van der Waals surface area contributed by atoms with Crippen LogP contribution in [0, 0.1) is 0 Å². The Kier molecular flexibility index (Phi) is 3.70. The number of hydrogen-bond donors (Lipinski definition) is 0. The molecule has 2 heterocycles. The van der Waals surface area contributed by atoms with Gasteiger partial charge in [-0.3, -0.25) is 0 Å². The van der Waals surface area contributed by atoms with Crippen molar-refractivity contribution in [2.75, 3.05) is 13.1 Å². The van der Waals surface area contributed by atoms with Gasteiger partial charge in [-0.15, -0.1) is 0 Å². The van der Waals surface area contributed by atoms with E-state index < -0.39 is 10.0 Å². The highest BCUT2D eigenvalue weighted by Gasteiger charge is 2.41. The van der Waals surface area contributed by atoms with E-state index in [0.717, 1.165) is 44.3 Å². The SMILES string of the molecule is O=S(=O)(C1CC1)N1CCC[C@H](OCc2nc(C3CC3)no2)C1. The smallest absolute Gasteiger partial charge is 0.252 e. The molecule has 0 spiro atoms. The first kappa shape index (κ1) is 14.6. The second kappa shape index (κ2) is 5.58. The van der Waals surface area contributed by atoms with Gasteiger partial charge in [-0.1, -0.05) is 5.16 Å². The lowest BCUT2D eigenvalue weighted by Crippen LogP contribution is -2.44. The van der Waals surface area contributed by atoms with E-state index in [2.05, 4.69) is 10.1 Å². The van der Waals surface area contributed by atoms with Crippen molar-refractivity contribution in [1.29, 1.82) is 0 Å². The zero-order valence-corrected chi connectivity index (χ0v) is 13.3. The molecule has 0 unspecified atom stereocenters. The van der Waals surface area contributed by atoms with Crippen LogP contribution in [-0.4, -0.2) is 47.3 Å². The van der Waals surface area contributed by atoms with Gasteiger partial charge in [-0.05, 0) is 38.5 Å². The Hall–Kier alpha value is -0.990. The molecule has 0 N–H and O–H groups in total. The van der Waals surface area contributed by atoms with Crippen molar-refractivity contribution in [1.82, 2.24) is 14.4 Å². The van der Waals surface area contributed by atoms with Crippen molar-refractivity contribution in [3.8, 4) is 0 Å². The summed E-state index contributed by atoms with van der Waals surface area (Å²) in [6.07, 6.45) is 5.51. The van der Waals surface area contributed by atoms with Crippen LogP contribution < -0.4 is 0 Å². The topological polar surface area (TPSA) is 85.5 Å². The van der Waals surface area contributed by atoms with Crippen LogP contribution in [0.3, 0.4) is 0 Å². The highest BCUT2D eigenvalue weighted by Crippen LogP contribution is 2.38. The molecule has 4 rings (SSSR count). The van der Waals surface area contributed by atoms with Gasteiger partial charge < -0.3 is 9.26 Å². The molecular formula is C14H21N3O4S. The van der Waals surface area contributed by atoms with Crippen molar-refractivity contribution in [2.45, 2.75) is 62.4 Å². The molecule has 0 aromatic carbocycles. The van der Waals surface area contributed by atoms with E-state index in [9.17, 15) is 8.42 Å². The van der Waals surface area contributed by atoms with E-state index in [0.29, 0.717) is 24.9 Å². The third-order valence-electron chi connectivity index (χ3n) is 4.52. The molecular weight excluding hydrogens is 306 g/mol. The largest absolute Gasteiger partial charge is 0.367 e. The lowest BCUT2D eigenvalue weighted by Gasteiger charge is -2.31. The van der Waals surface area contributed by atoms with E-state index >= 15 is 0 Å². The fraction of sp³-hybridized carbons (Fsp3) is 0.857. The van der Waals surface area contributed by atoms with Crippen molar-refractivity contribution in [2.24, 2.45) is 0 Å². The van der Waals surface area contributed by atoms with Gasteiger partial charge in [0, 0.05) is 19.0 Å². The average molecular weight is 327 g/mol. The molecule has 7 nitrogen and oxygen atoms in total. The predicted octanol–water partition coefficient (Wildman–Crippen LogP) is 1.42. The number of hydrogen-bond acceptors (Lipinski definition) is 6. The lowest BCUT2D eigenvalue weighted by atomic mass is 10.1. The van der Waals surface area contributed by atoms with Gasteiger partial charge in [0.1, 0.15) is 6.61 Å². The maximum atomic E-state index is 12.3. The maximum Gasteiger partial charge on any atom is 0.252 e. The quantitative estimate of drug-likeness (QED) is 0.785. The van der Waals surface area contributed by atoms with Crippen LogP contribution in [0.4, 0.5) is 0 Å². The lowest BCUT2D eigenvalue weighted by molar-refractivity contribution is -0.00298. The van der Waals surface area contributed by atoms with E-state index in [-0.39, 0.29) is 18.0 Å². The first-order chi connectivity index (χ1) is 10.6. The molecule has 2 saturated carbocycles.